The molecule has 3 rings (SSSR count). The van der Waals surface area contributed by atoms with Crippen molar-refractivity contribution in [3.05, 3.63) is 56.8 Å². The van der Waals surface area contributed by atoms with E-state index in [1.807, 2.05) is 29.7 Å². The summed E-state index contributed by atoms with van der Waals surface area (Å²) in [5.41, 5.74) is 1.02. The maximum Gasteiger partial charge on any atom is 0.248 e. The first kappa shape index (κ1) is 21.2. The van der Waals surface area contributed by atoms with Gasteiger partial charge in [-0.2, -0.15) is 4.99 Å². The molecular weight excluding hydrogens is 484 g/mol. The van der Waals surface area contributed by atoms with E-state index in [9.17, 15) is 13.2 Å². The second kappa shape index (κ2) is 8.90. The minimum atomic E-state index is -3.44. The van der Waals surface area contributed by atoms with Gasteiger partial charge < -0.3 is 4.57 Å². The van der Waals surface area contributed by atoms with Gasteiger partial charge in [-0.15, -0.1) is 0 Å². The normalized spacial score (nSPS) is 12.6. The maximum atomic E-state index is 12.3. The van der Waals surface area contributed by atoms with Gasteiger partial charge >= 0.3 is 0 Å². The third kappa shape index (κ3) is 4.92. The zero-order valence-corrected chi connectivity index (χ0v) is 19.0. The van der Waals surface area contributed by atoms with Crippen molar-refractivity contribution in [3.8, 4) is 0 Å². The van der Waals surface area contributed by atoms with Crippen molar-refractivity contribution in [3.63, 3.8) is 0 Å². The van der Waals surface area contributed by atoms with Crippen LogP contribution in [0.25, 0.3) is 10.2 Å². The molecule has 0 aliphatic carbocycles. The molecule has 0 spiro atoms. The van der Waals surface area contributed by atoms with Crippen LogP contribution in [0.1, 0.15) is 19.8 Å². The van der Waals surface area contributed by atoms with Crippen LogP contribution in [0.3, 0.4) is 0 Å². The van der Waals surface area contributed by atoms with Crippen LogP contribution in [-0.4, -0.2) is 24.6 Å². The highest BCUT2D eigenvalue weighted by atomic mass is 79.9. The Morgan fingerprint density at radius 3 is 2.61 bits per heavy atom. The number of rotatable bonds is 6. The summed E-state index contributed by atoms with van der Waals surface area (Å²) >= 11 is 10.7. The number of thiazole rings is 1. The number of halogens is 2. The predicted octanol–water partition coefficient (Wildman–Crippen LogP) is 4.82. The highest BCUT2D eigenvalue weighted by Gasteiger charge is 2.15. The van der Waals surface area contributed by atoms with E-state index in [4.69, 9.17) is 11.6 Å². The number of carbonyl (C=O) groups is 1. The summed E-state index contributed by atoms with van der Waals surface area (Å²) in [5, 5.41) is 0.479. The second-order valence-electron chi connectivity index (χ2n) is 6.12. The first-order valence-corrected chi connectivity index (χ1v) is 12.3. The smallest absolute Gasteiger partial charge is 0.248 e. The van der Waals surface area contributed by atoms with E-state index in [2.05, 4.69) is 20.9 Å². The van der Waals surface area contributed by atoms with E-state index in [1.165, 1.54) is 35.6 Å². The highest BCUT2D eigenvalue weighted by Crippen LogP contribution is 2.22. The second-order valence-corrected chi connectivity index (χ2v) is 10.6. The van der Waals surface area contributed by atoms with Crippen molar-refractivity contribution < 1.29 is 13.2 Å². The number of nitrogens with zero attached hydrogens (tertiary/aromatic N) is 2. The molecule has 1 heterocycles. The summed E-state index contributed by atoms with van der Waals surface area (Å²) in [7, 11) is -3.44. The molecule has 3 aromatic rings. The fourth-order valence-electron chi connectivity index (χ4n) is 2.77. The minimum absolute atomic E-state index is 0.0779. The zero-order valence-electron chi connectivity index (χ0n) is 15.1. The molecular formula is C19H18BrClN2O3S2. The first-order valence-electron chi connectivity index (χ1n) is 8.65. The third-order valence-electron chi connectivity index (χ3n) is 4.16. The molecule has 5 nitrogen and oxygen atoms in total. The molecule has 9 heteroatoms. The lowest BCUT2D eigenvalue weighted by atomic mass is 10.3. The van der Waals surface area contributed by atoms with Crippen LogP contribution in [0.15, 0.2) is 56.8 Å². The van der Waals surface area contributed by atoms with Crippen molar-refractivity contribution >= 4 is 64.8 Å². The minimum Gasteiger partial charge on any atom is -0.317 e. The monoisotopic (exact) mass is 500 g/mol. The molecule has 1 aromatic heterocycles. The largest absolute Gasteiger partial charge is 0.317 e. The lowest BCUT2D eigenvalue weighted by molar-refractivity contribution is -0.118. The summed E-state index contributed by atoms with van der Waals surface area (Å²) < 4.78 is 28.7. The number of aromatic nitrogens is 1. The molecule has 28 heavy (non-hydrogen) atoms. The molecule has 1 amide bonds. The first-order chi connectivity index (χ1) is 13.3. The molecule has 0 saturated carbocycles. The number of sulfone groups is 1. The van der Waals surface area contributed by atoms with Crippen molar-refractivity contribution in [2.75, 3.05) is 5.75 Å². The third-order valence-corrected chi connectivity index (χ3v) is 7.76. The van der Waals surface area contributed by atoms with Gasteiger partial charge in [-0.25, -0.2) is 8.42 Å². The Bertz CT molecular complexity index is 1180. The van der Waals surface area contributed by atoms with Crippen LogP contribution in [0.5, 0.6) is 0 Å². The summed E-state index contributed by atoms with van der Waals surface area (Å²) in [4.78, 5) is 17.3. The van der Waals surface area contributed by atoms with Gasteiger partial charge in [-0.05, 0) is 55.8 Å². The van der Waals surface area contributed by atoms with Crippen molar-refractivity contribution in [1.82, 2.24) is 4.57 Å². The Hall–Kier alpha value is -1.48. The molecule has 0 bridgehead atoms. The lowest BCUT2D eigenvalue weighted by Gasteiger charge is -2.03. The Labute approximate surface area is 180 Å². The van der Waals surface area contributed by atoms with E-state index in [1.54, 1.807) is 0 Å². The van der Waals surface area contributed by atoms with Crippen LogP contribution in [0, 0.1) is 0 Å². The van der Waals surface area contributed by atoms with Gasteiger partial charge in [0.25, 0.3) is 0 Å². The van der Waals surface area contributed by atoms with Crippen LogP contribution in [0.4, 0.5) is 0 Å². The van der Waals surface area contributed by atoms with Crippen LogP contribution >= 0.6 is 38.9 Å². The molecule has 0 atom stereocenters. The predicted molar refractivity (Wildman–Crippen MR) is 116 cm³/mol. The van der Waals surface area contributed by atoms with Gasteiger partial charge in [0.05, 0.1) is 20.9 Å². The summed E-state index contributed by atoms with van der Waals surface area (Å²) in [6, 6.07) is 12.0. The Morgan fingerprint density at radius 1 is 1.21 bits per heavy atom. The summed E-state index contributed by atoms with van der Waals surface area (Å²) in [6.45, 7) is 2.69. The fraction of sp³-hybridized carbons (Fsp3) is 0.263. The van der Waals surface area contributed by atoms with Crippen molar-refractivity contribution in [2.24, 2.45) is 4.99 Å². The van der Waals surface area contributed by atoms with E-state index >= 15 is 0 Å². The lowest BCUT2D eigenvalue weighted by Crippen LogP contribution is -2.16. The van der Waals surface area contributed by atoms with Gasteiger partial charge in [-0.3, -0.25) is 4.79 Å². The fourth-order valence-corrected chi connectivity index (χ4v) is 5.87. The van der Waals surface area contributed by atoms with Gasteiger partial charge in [-0.1, -0.05) is 38.9 Å². The molecule has 0 unspecified atom stereocenters. The van der Waals surface area contributed by atoms with Crippen LogP contribution < -0.4 is 4.80 Å². The van der Waals surface area contributed by atoms with E-state index in [0.29, 0.717) is 16.4 Å². The Kier molecular flexibility index (Phi) is 6.75. The topological polar surface area (TPSA) is 68.5 Å². The number of fused-ring (bicyclic) bond motifs is 1. The van der Waals surface area contributed by atoms with Crippen molar-refractivity contribution in [2.45, 2.75) is 31.2 Å². The molecule has 0 fully saturated rings. The van der Waals surface area contributed by atoms with E-state index in [0.717, 1.165) is 14.7 Å². The number of hydrogen-bond acceptors (Lipinski definition) is 4. The average Bonchev–Trinajstić information content (AvgIpc) is 2.97. The number of benzene rings is 2. The molecule has 0 N–H and O–H groups in total. The molecule has 0 radical (unpaired) electrons. The standard InChI is InChI=1S/C19H18BrClN2O3S2/c1-2-23-16-10-5-13(20)12-17(16)27-19(23)22-18(24)4-3-11-28(25,26)15-8-6-14(21)7-9-15/h5-10,12H,2-4,11H2,1H3. The maximum absolute atomic E-state index is 12.3. The molecule has 0 saturated heterocycles. The molecule has 0 aliphatic heterocycles. The Balaban J connectivity index is 1.72. The summed E-state index contributed by atoms with van der Waals surface area (Å²) in [6.07, 6.45) is 0.296. The summed E-state index contributed by atoms with van der Waals surface area (Å²) in [5.74, 6) is -0.428. The van der Waals surface area contributed by atoms with Gasteiger partial charge in [0, 0.05) is 22.5 Å². The van der Waals surface area contributed by atoms with E-state index < -0.39 is 9.84 Å². The van der Waals surface area contributed by atoms with Gasteiger partial charge in [0.1, 0.15) is 0 Å². The number of carbonyl (C=O) groups excluding carboxylic acids is 1. The number of amides is 1. The molecule has 0 aliphatic rings. The van der Waals surface area contributed by atoms with Crippen LogP contribution in [0.2, 0.25) is 5.02 Å². The van der Waals surface area contributed by atoms with Gasteiger partial charge in [0.15, 0.2) is 14.6 Å². The quantitative estimate of drug-likeness (QED) is 0.486. The van der Waals surface area contributed by atoms with Crippen molar-refractivity contribution in [1.29, 1.82) is 0 Å². The SMILES string of the molecule is CCn1c(=NC(=O)CCCS(=O)(=O)c2ccc(Cl)cc2)sc2cc(Br)ccc21. The number of aryl methyl sites for hydroxylation is 1. The molecule has 2 aromatic carbocycles. The molecule has 148 valence electrons. The highest BCUT2D eigenvalue weighted by molar-refractivity contribution is 9.10. The average molecular weight is 502 g/mol. The Morgan fingerprint density at radius 2 is 1.93 bits per heavy atom. The van der Waals surface area contributed by atoms with E-state index in [-0.39, 0.29) is 29.4 Å². The number of hydrogen-bond donors (Lipinski definition) is 0. The van der Waals surface area contributed by atoms with Gasteiger partial charge in [0.2, 0.25) is 5.91 Å². The zero-order chi connectivity index (χ0) is 20.3. The van der Waals surface area contributed by atoms with Crippen LogP contribution in [-0.2, 0) is 21.2 Å².